The van der Waals surface area contributed by atoms with Gasteiger partial charge in [0.05, 0.1) is 5.60 Å². The van der Waals surface area contributed by atoms with E-state index in [-0.39, 0.29) is 17.9 Å². The normalized spacial score (nSPS) is 17.6. The fourth-order valence-corrected chi connectivity index (χ4v) is 2.50. The third-order valence-corrected chi connectivity index (χ3v) is 3.63. The molecular formula is C14H19FN2O2. The Balaban J connectivity index is 1.95. The molecule has 104 valence electrons. The summed E-state index contributed by atoms with van der Waals surface area (Å²) in [7, 11) is 0. The number of primary amides is 1. The number of aliphatic hydroxyl groups is 1. The van der Waals surface area contributed by atoms with Crippen LogP contribution in [0, 0.1) is 5.82 Å². The maximum Gasteiger partial charge on any atom is 0.248 e. The van der Waals surface area contributed by atoms with Crippen molar-refractivity contribution in [1.29, 1.82) is 0 Å². The molecule has 4 N–H and O–H groups in total. The molecule has 1 aromatic rings. The number of benzene rings is 1. The molecule has 1 fully saturated rings. The molecule has 5 heteroatoms. The van der Waals surface area contributed by atoms with Gasteiger partial charge >= 0.3 is 0 Å². The Kier molecular flexibility index (Phi) is 4.17. The maximum absolute atomic E-state index is 13.6. The minimum absolute atomic E-state index is 0.273. The van der Waals surface area contributed by atoms with Gasteiger partial charge in [0, 0.05) is 24.2 Å². The van der Waals surface area contributed by atoms with Crippen LogP contribution in [0.15, 0.2) is 18.2 Å². The molecule has 0 saturated heterocycles. The number of hydrogen-bond acceptors (Lipinski definition) is 3. The topological polar surface area (TPSA) is 75.4 Å². The molecule has 19 heavy (non-hydrogen) atoms. The third kappa shape index (κ3) is 3.52. The van der Waals surface area contributed by atoms with Crippen LogP contribution in [-0.4, -0.2) is 23.2 Å². The fourth-order valence-electron chi connectivity index (χ4n) is 2.50. The van der Waals surface area contributed by atoms with E-state index in [0.717, 1.165) is 25.7 Å². The molecule has 0 spiro atoms. The quantitative estimate of drug-likeness (QED) is 0.752. The van der Waals surface area contributed by atoms with Crippen LogP contribution in [-0.2, 0) is 6.54 Å². The SMILES string of the molecule is NC(=O)c1ccc(F)c(CNCC2(O)CCCC2)c1. The molecule has 0 unspecified atom stereocenters. The van der Waals surface area contributed by atoms with Gasteiger partial charge in [-0.3, -0.25) is 4.79 Å². The summed E-state index contributed by atoms with van der Waals surface area (Å²) in [6.45, 7) is 0.711. The second kappa shape index (κ2) is 5.67. The summed E-state index contributed by atoms with van der Waals surface area (Å²) in [6, 6.07) is 4.05. The number of carbonyl (C=O) groups is 1. The Morgan fingerprint density at radius 3 is 2.74 bits per heavy atom. The second-order valence-electron chi connectivity index (χ2n) is 5.21. The summed E-state index contributed by atoms with van der Waals surface area (Å²) in [6.07, 6.45) is 3.63. The zero-order valence-corrected chi connectivity index (χ0v) is 10.8. The fraction of sp³-hybridized carbons (Fsp3) is 0.500. The van der Waals surface area contributed by atoms with E-state index in [9.17, 15) is 14.3 Å². The average Bonchev–Trinajstić information content (AvgIpc) is 2.78. The highest BCUT2D eigenvalue weighted by molar-refractivity contribution is 5.92. The molecule has 2 rings (SSSR count). The summed E-state index contributed by atoms with van der Waals surface area (Å²) in [4.78, 5) is 11.0. The van der Waals surface area contributed by atoms with Crippen LogP contribution < -0.4 is 11.1 Å². The highest BCUT2D eigenvalue weighted by atomic mass is 19.1. The summed E-state index contributed by atoms with van der Waals surface area (Å²) in [5.74, 6) is -0.952. The van der Waals surface area contributed by atoms with E-state index >= 15 is 0 Å². The van der Waals surface area contributed by atoms with E-state index < -0.39 is 11.5 Å². The van der Waals surface area contributed by atoms with Crippen molar-refractivity contribution in [2.45, 2.75) is 37.8 Å². The lowest BCUT2D eigenvalue weighted by Gasteiger charge is -2.22. The van der Waals surface area contributed by atoms with E-state index in [2.05, 4.69) is 5.32 Å². The molecule has 1 amide bonds. The van der Waals surface area contributed by atoms with E-state index in [1.54, 1.807) is 0 Å². The zero-order chi connectivity index (χ0) is 13.9. The van der Waals surface area contributed by atoms with Crippen molar-refractivity contribution in [2.75, 3.05) is 6.54 Å². The summed E-state index contributed by atoms with van der Waals surface area (Å²) < 4.78 is 13.6. The molecule has 4 nitrogen and oxygen atoms in total. The average molecular weight is 266 g/mol. The molecule has 0 aromatic heterocycles. The van der Waals surface area contributed by atoms with Crippen molar-refractivity contribution in [3.8, 4) is 0 Å². The van der Waals surface area contributed by atoms with Crippen LogP contribution in [0.4, 0.5) is 4.39 Å². The molecule has 0 atom stereocenters. The van der Waals surface area contributed by atoms with Crippen molar-refractivity contribution in [2.24, 2.45) is 5.73 Å². The summed E-state index contributed by atoms with van der Waals surface area (Å²) in [5, 5.41) is 13.2. The number of rotatable bonds is 5. The van der Waals surface area contributed by atoms with Gasteiger partial charge in [0.15, 0.2) is 0 Å². The molecule has 0 aliphatic heterocycles. The Hall–Kier alpha value is -1.46. The van der Waals surface area contributed by atoms with Crippen molar-refractivity contribution in [3.63, 3.8) is 0 Å². The second-order valence-corrected chi connectivity index (χ2v) is 5.21. The monoisotopic (exact) mass is 266 g/mol. The molecule has 1 saturated carbocycles. The predicted octanol–water partition coefficient (Wildman–Crippen LogP) is 1.32. The molecule has 0 bridgehead atoms. The standard InChI is InChI=1S/C14H19FN2O2/c15-12-4-3-10(13(16)18)7-11(12)8-17-9-14(19)5-1-2-6-14/h3-4,7,17,19H,1-2,5-6,8-9H2,(H2,16,18). The molecular weight excluding hydrogens is 247 g/mol. The maximum atomic E-state index is 13.6. The van der Waals surface area contributed by atoms with Gasteiger partial charge in [-0.25, -0.2) is 4.39 Å². The predicted molar refractivity (Wildman–Crippen MR) is 70.0 cm³/mol. The first kappa shape index (κ1) is 14.0. The first-order valence-corrected chi connectivity index (χ1v) is 6.51. The molecule has 0 heterocycles. The van der Waals surface area contributed by atoms with Gasteiger partial charge in [-0.2, -0.15) is 0 Å². The Bertz CT molecular complexity index is 471. The van der Waals surface area contributed by atoms with Gasteiger partial charge in [0.1, 0.15) is 5.82 Å². The lowest BCUT2D eigenvalue weighted by Crippen LogP contribution is -2.37. The van der Waals surface area contributed by atoms with Crippen LogP contribution in [0.2, 0.25) is 0 Å². The third-order valence-electron chi connectivity index (χ3n) is 3.63. The van der Waals surface area contributed by atoms with Crippen LogP contribution in [0.1, 0.15) is 41.6 Å². The van der Waals surface area contributed by atoms with Gasteiger partial charge < -0.3 is 16.2 Å². The van der Waals surface area contributed by atoms with Gasteiger partial charge in [-0.1, -0.05) is 12.8 Å². The Morgan fingerprint density at radius 1 is 1.42 bits per heavy atom. The van der Waals surface area contributed by atoms with Crippen LogP contribution >= 0.6 is 0 Å². The number of amides is 1. The van der Waals surface area contributed by atoms with Gasteiger partial charge in [-0.15, -0.1) is 0 Å². The van der Waals surface area contributed by atoms with Crippen molar-refractivity contribution in [3.05, 3.63) is 35.1 Å². The first-order chi connectivity index (χ1) is 9.00. The summed E-state index contributed by atoms with van der Waals surface area (Å²) in [5.41, 5.74) is 5.17. The van der Waals surface area contributed by atoms with Gasteiger partial charge in [0.25, 0.3) is 0 Å². The van der Waals surface area contributed by atoms with E-state index in [1.165, 1.54) is 18.2 Å². The lowest BCUT2D eigenvalue weighted by atomic mass is 10.0. The van der Waals surface area contributed by atoms with Crippen LogP contribution in [0.25, 0.3) is 0 Å². The number of nitrogens with two attached hydrogens (primary N) is 1. The molecule has 1 aromatic carbocycles. The van der Waals surface area contributed by atoms with Gasteiger partial charge in [0.2, 0.25) is 5.91 Å². The highest BCUT2D eigenvalue weighted by Gasteiger charge is 2.30. The minimum atomic E-state index is -0.669. The number of halogens is 1. The Labute approximate surface area is 111 Å². The molecule has 0 radical (unpaired) electrons. The van der Waals surface area contributed by atoms with Gasteiger partial charge in [-0.05, 0) is 31.0 Å². The molecule has 1 aliphatic carbocycles. The van der Waals surface area contributed by atoms with Crippen molar-refractivity contribution in [1.82, 2.24) is 5.32 Å². The first-order valence-electron chi connectivity index (χ1n) is 6.51. The summed E-state index contributed by atoms with van der Waals surface area (Å²) >= 11 is 0. The van der Waals surface area contributed by atoms with E-state index in [4.69, 9.17) is 5.73 Å². The number of carbonyl (C=O) groups excluding carboxylic acids is 1. The largest absolute Gasteiger partial charge is 0.389 e. The molecule has 1 aliphatic rings. The Morgan fingerprint density at radius 2 is 2.11 bits per heavy atom. The number of hydrogen-bond donors (Lipinski definition) is 3. The van der Waals surface area contributed by atoms with Crippen molar-refractivity contribution >= 4 is 5.91 Å². The van der Waals surface area contributed by atoms with E-state index in [0.29, 0.717) is 12.1 Å². The highest BCUT2D eigenvalue weighted by Crippen LogP contribution is 2.28. The van der Waals surface area contributed by atoms with Crippen molar-refractivity contribution < 1.29 is 14.3 Å². The number of nitrogens with one attached hydrogen (secondary N) is 1. The zero-order valence-electron chi connectivity index (χ0n) is 10.8. The lowest BCUT2D eigenvalue weighted by molar-refractivity contribution is 0.0474. The minimum Gasteiger partial charge on any atom is -0.389 e. The van der Waals surface area contributed by atoms with E-state index in [1.807, 2.05) is 0 Å². The van der Waals surface area contributed by atoms with Crippen LogP contribution in [0.5, 0.6) is 0 Å². The van der Waals surface area contributed by atoms with Crippen LogP contribution in [0.3, 0.4) is 0 Å². The smallest absolute Gasteiger partial charge is 0.248 e.